The van der Waals surface area contributed by atoms with E-state index in [9.17, 15) is 0 Å². The van der Waals surface area contributed by atoms with Crippen LogP contribution in [0, 0.1) is 0 Å². The molecule has 574 valence electrons. The summed E-state index contributed by atoms with van der Waals surface area (Å²) in [6.45, 7) is 30.0. The number of benzene rings is 8. The first kappa shape index (κ1) is 83.0. The van der Waals surface area contributed by atoms with Crippen LogP contribution in [0.25, 0.3) is 99.9 Å². The van der Waals surface area contributed by atoms with Gasteiger partial charge in [-0.05, 0) is 185 Å². The zero-order valence-corrected chi connectivity index (χ0v) is 70.7. The van der Waals surface area contributed by atoms with Crippen molar-refractivity contribution in [2.45, 2.75) is 138 Å². The topological polar surface area (TPSA) is 290 Å². The second kappa shape index (κ2) is 37.1. The van der Waals surface area contributed by atoms with Gasteiger partial charge in [0.25, 0.3) is 0 Å². The third-order valence-corrected chi connectivity index (χ3v) is 20.9. The normalized spacial score (nSPS) is 12.7. The maximum absolute atomic E-state index is 6.19. The molecule has 113 heavy (non-hydrogen) atoms. The third-order valence-electron chi connectivity index (χ3n) is 19.4. The number of aromatic nitrogens is 13. The largest absolute Gasteiger partial charge is 0.494 e. The highest BCUT2D eigenvalue weighted by molar-refractivity contribution is 9.11. The minimum atomic E-state index is -0.327. The van der Waals surface area contributed by atoms with E-state index in [-0.39, 0.29) is 36.2 Å². The van der Waals surface area contributed by atoms with E-state index in [0.29, 0.717) is 39.9 Å². The van der Waals surface area contributed by atoms with Crippen molar-refractivity contribution in [3.63, 3.8) is 0 Å². The fourth-order valence-corrected chi connectivity index (χ4v) is 14.1. The summed E-state index contributed by atoms with van der Waals surface area (Å²) < 4.78 is 15.2. The standard InChI is InChI=1S/2C21H19N5.C18H24BNO2.C12H12BrN.C9H7BrN4.C9H12BrN/c2*1-13(2)17-12-16(11-15-9-6-10-23-18(15)17)20-19(24-21(22)26-25-20)14-7-4-3-5-8-14;1-12(2)15-11-14(10-13-8-7-9-20-16(13)15)19-21-17(3,4)18(5,6)22-19;1-8(2)11-7-10(13)6-9-4-3-5-14-12(9)11;10-8-7(12-9(11)14-13-8)6-4-2-1-3-5-6;1-6(2)8-5-7(10)3-4-9(8)11/h2*3-13H,1-2H3,(H2,22,24,26);7-12H,1-6H3;3-8H,1-2H3;1-5H,(H2,11,12,14);3-6H,11H2,1-2H3. The van der Waals surface area contributed by atoms with Gasteiger partial charge in [0.1, 0.15) is 28.5 Å². The highest BCUT2D eigenvalue weighted by atomic mass is 79.9. The smallest absolute Gasteiger partial charge is 0.399 e. The zero-order chi connectivity index (χ0) is 80.8. The van der Waals surface area contributed by atoms with Crippen molar-refractivity contribution in [2.75, 3.05) is 22.9 Å². The quantitative estimate of drug-likeness (QED) is 0.0691. The molecule has 0 radical (unpaired) electrons. The number of hydrogen-bond donors (Lipinski definition) is 4. The van der Waals surface area contributed by atoms with Gasteiger partial charge in [-0.25, -0.2) is 15.0 Å². The van der Waals surface area contributed by atoms with E-state index in [1.54, 1.807) is 0 Å². The summed E-state index contributed by atoms with van der Waals surface area (Å²) in [4.78, 5) is 31.1. The predicted molar refractivity (Wildman–Crippen MR) is 474 cm³/mol. The van der Waals surface area contributed by atoms with Crippen LogP contribution in [-0.2, 0) is 9.31 Å². The lowest BCUT2D eigenvalue weighted by atomic mass is 9.76. The van der Waals surface area contributed by atoms with Crippen molar-refractivity contribution < 1.29 is 9.31 Å². The number of pyridine rings is 4. The van der Waals surface area contributed by atoms with E-state index in [2.05, 4.69) is 289 Å². The summed E-state index contributed by atoms with van der Waals surface area (Å²) in [6, 6.07) is 68.7. The van der Waals surface area contributed by atoms with Gasteiger partial charge >= 0.3 is 7.12 Å². The molecule has 1 fully saturated rings. The van der Waals surface area contributed by atoms with E-state index in [0.717, 1.165) is 109 Å². The molecule has 16 rings (SSSR count). The van der Waals surface area contributed by atoms with Crippen molar-refractivity contribution >= 4 is 128 Å². The Labute approximate surface area is 686 Å². The molecular formula is C90H93BBr3N17O2. The van der Waals surface area contributed by atoms with Crippen LogP contribution in [0.1, 0.15) is 154 Å². The highest BCUT2D eigenvalue weighted by Crippen LogP contribution is 2.40. The Morgan fingerprint density at radius 3 is 1.04 bits per heavy atom. The summed E-state index contributed by atoms with van der Waals surface area (Å²) in [5.41, 5.74) is 42.9. The monoisotopic (exact) mass is 1690 g/mol. The average Bonchev–Trinajstić information content (AvgIpc) is 1.66. The Morgan fingerprint density at radius 1 is 0.310 bits per heavy atom. The third kappa shape index (κ3) is 20.5. The van der Waals surface area contributed by atoms with Crippen molar-refractivity contribution in [1.29, 1.82) is 0 Å². The lowest BCUT2D eigenvalue weighted by Gasteiger charge is -2.32. The van der Waals surface area contributed by atoms with E-state index in [4.69, 9.17) is 32.2 Å². The molecule has 0 saturated carbocycles. The maximum Gasteiger partial charge on any atom is 0.494 e. The molecule has 0 atom stereocenters. The van der Waals surface area contributed by atoms with Gasteiger partial charge in [0, 0.05) is 88.8 Å². The predicted octanol–water partition coefficient (Wildman–Crippen LogP) is 21.7. The number of halogens is 3. The first-order valence-corrected chi connectivity index (χ1v) is 39.9. The Hall–Kier alpha value is -10.9. The van der Waals surface area contributed by atoms with Crippen LogP contribution in [-0.4, -0.2) is 83.8 Å². The molecule has 7 aromatic heterocycles. The van der Waals surface area contributed by atoms with Crippen LogP contribution < -0.4 is 28.4 Å². The molecule has 15 aromatic rings. The maximum atomic E-state index is 6.19. The number of fused-ring (bicyclic) bond motifs is 4. The molecule has 19 nitrogen and oxygen atoms in total. The van der Waals surface area contributed by atoms with Crippen LogP contribution in [0.4, 0.5) is 23.5 Å². The second-order valence-corrected chi connectivity index (χ2v) is 32.4. The molecule has 1 aliphatic rings. The second-order valence-electron chi connectivity index (χ2n) is 29.8. The SMILES string of the molecule is CC(C)c1cc(-c2nnc(N)nc2-c2ccccc2)cc2cccnc12.CC(C)c1cc(-c2nnc(N)nc2-c2ccccc2)cc2cccnc12.CC(C)c1cc(B2OC(C)(C)C(C)(C)O2)cc2cccnc12.CC(C)c1cc(Br)cc2cccnc12.CC(C)c1cc(Br)ccc1N.Nc1nnc(Br)c(-c2ccccc2)n1. The van der Waals surface area contributed by atoms with Gasteiger partial charge < -0.3 is 32.2 Å². The fraction of sp³-hybridized carbons (Fsp3) is 0.233. The molecule has 23 heteroatoms. The summed E-state index contributed by atoms with van der Waals surface area (Å²) in [5.74, 6) is 2.58. The summed E-state index contributed by atoms with van der Waals surface area (Å²) in [5, 5.41) is 28.7. The van der Waals surface area contributed by atoms with Gasteiger partial charge in [0.2, 0.25) is 17.8 Å². The van der Waals surface area contributed by atoms with Crippen molar-refractivity contribution in [3.05, 3.63) is 272 Å². The molecule has 1 saturated heterocycles. The van der Waals surface area contributed by atoms with Gasteiger partial charge in [-0.15, -0.1) is 30.6 Å². The van der Waals surface area contributed by atoms with Gasteiger partial charge in [-0.2, -0.15) is 0 Å². The lowest BCUT2D eigenvalue weighted by molar-refractivity contribution is 0.00578. The van der Waals surface area contributed by atoms with Gasteiger partial charge in [-0.1, -0.05) is 228 Å². The summed E-state index contributed by atoms with van der Waals surface area (Å²) in [6.07, 6.45) is 7.35. The Kier molecular flexibility index (Phi) is 27.3. The molecule has 0 bridgehead atoms. The number of nitrogens with zero attached hydrogens (tertiary/aromatic N) is 13. The molecule has 0 spiro atoms. The Bertz CT molecular complexity index is 5590. The molecule has 1 aliphatic heterocycles. The molecule has 0 amide bonds. The minimum Gasteiger partial charge on any atom is -0.399 e. The van der Waals surface area contributed by atoms with Crippen molar-refractivity contribution in [3.8, 4) is 56.3 Å². The molecule has 8 aromatic carbocycles. The molecular weight excluding hydrogens is 1600 g/mol. The van der Waals surface area contributed by atoms with E-state index in [1.807, 2.05) is 152 Å². The van der Waals surface area contributed by atoms with Crippen LogP contribution in [0.2, 0.25) is 0 Å². The molecule has 0 aliphatic carbocycles. The van der Waals surface area contributed by atoms with Crippen LogP contribution >= 0.6 is 47.8 Å². The first-order valence-electron chi connectivity index (χ1n) is 37.5. The summed E-state index contributed by atoms with van der Waals surface area (Å²) >= 11 is 10.2. The average molecular weight is 1700 g/mol. The zero-order valence-electron chi connectivity index (χ0n) is 66.0. The fourth-order valence-electron chi connectivity index (χ4n) is 12.8. The van der Waals surface area contributed by atoms with E-state index >= 15 is 0 Å². The number of rotatable bonds is 11. The minimum absolute atomic E-state index is 0.166. The van der Waals surface area contributed by atoms with E-state index < -0.39 is 0 Å². The molecule has 8 N–H and O–H groups in total. The van der Waals surface area contributed by atoms with E-state index in [1.165, 1.54) is 33.2 Å². The van der Waals surface area contributed by atoms with Crippen molar-refractivity contribution in [1.82, 2.24) is 65.5 Å². The van der Waals surface area contributed by atoms with Gasteiger partial charge in [0.15, 0.2) is 4.60 Å². The van der Waals surface area contributed by atoms with Crippen LogP contribution in [0.3, 0.4) is 0 Å². The van der Waals surface area contributed by atoms with Gasteiger partial charge in [0.05, 0.1) is 33.3 Å². The van der Waals surface area contributed by atoms with Crippen LogP contribution in [0.5, 0.6) is 0 Å². The lowest BCUT2D eigenvalue weighted by Crippen LogP contribution is -2.41. The number of anilines is 4. The number of nitrogen functional groups attached to an aromatic ring is 4. The molecule has 0 unspecified atom stereocenters. The number of nitrogens with two attached hydrogens (primary N) is 4. The molecule has 8 heterocycles. The Balaban J connectivity index is 0.000000137. The highest BCUT2D eigenvalue weighted by Gasteiger charge is 2.52. The Morgan fingerprint density at radius 2 is 0.646 bits per heavy atom. The van der Waals surface area contributed by atoms with Gasteiger partial charge in [-0.3, -0.25) is 19.9 Å². The van der Waals surface area contributed by atoms with Crippen LogP contribution in [0.15, 0.2) is 245 Å². The van der Waals surface area contributed by atoms with Crippen molar-refractivity contribution in [2.24, 2.45) is 0 Å². The first-order chi connectivity index (χ1) is 54.0. The number of hydrogen-bond acceptors (Lipinski definition) is 19. The summed E-state index contributed by atoms with van der Waals surface area (Å²) in [7, 11) is -0.327.